The molecule has 0 aliphatic rings. The van der Waals surface area contributed by atoms with Crippen LogP contribution in [-0.2, 0) is 26.0 Å². The maximum absolute atomic E-state index is 11.8. The van der Waals surface area contributed by atoms with E-state index in [4.69, 9.17) is 5.73 Å². The first-order valence-corrected chi connectivity index (χ1v) is 7.82. The monoisotopic (exact) mass is 296 g/mol. The molecule has 0 amide bonds. The van der Waals surface area contributed by atoms with Gasteiger partial charge in [-0.05, 0) is 11.6 Å². The highest BCUT2D eigenvalue weighted by molar-refractivity contribution is 7.89. The molecule has 1 atom stereocenters. The molecule has 0 aliphatic carbocycles. The zero-order valence-electron chi connectivity index (χ0n) is 11.2. The van der Waals surface area contributed by atoms with Gasteiger partial charge in [0.1, 0.15) is 6.04 Å². The number of fused-ring (bicyclic) bond motifs is 1. The van der Waals surface area contributed by atoms with E-state index in [1.165, 1.54) is 17.3 Å². The number of nitrogens with two attached hydrogens (primary N) is 1. The quantitative estimate of drug-likeness (QED) is 0.829. The minimum atomic E-state index is -3.41. The summed E-state index contributed by atoms with van der Waals surface area (Å²) in [6.45, 7) is 0. The summed E-state index contributed by atoms with van der Waals surface area (Å²) in [5.74, 6) is -0.527. The molecule has 0 saturated carbocycles. The van der Waals surface area contributed by atoms with E-state index in [2.05, 4.69) is 4.74 Å². The van der Waals surface area contributed by atoms with E-state index in [0.717, 1.165) is 11.6 Å². The summed E-state index contributed by atoms with van der Waals surface area (Å²) >= 11 is 0. The molecule has 2 rings (SSSR count). The lowest BCUT2D eigenvalue weighted by Crippen LogP contribution is -2.33. The molecule has 2 N–H and O–H groups in total. The molecular weight excluding hydrogens is 280 g/mol. The lowest BCUT2D eigenvalue weighted by Gasteiger charge is -2.07. The summed E-state index contributed by atoms with van der Waals surface area (Å²) in [7, 11) is -2.14. The molecule has 0 bridgehead atoms. The van der Waals surface area contributed by atoms with Crippen LogP contribution in [0.1, 0.15) is 5.56 Å². The van der Waals surface area contributed by atoms with Crippen LogP contribution in [0.4, 0.5) is 0 Å². The van der Waals surface area contributed by atoms with Crippen LogP contribution in [0.5, 0.6) is 0 Å². The highest BCUT2D eigenvalue weighted by Gasteiger charge is 2.19. The summed E-state index contributed by atoms with van der Waals surface area (Å²) in [6, 6.07) is 6.26. The van der Waals surface area contributed by atoms with Gasteiger partial charge in [-0.1, -0.05) is 18.2 Å². The molecule has 0 fully saturated rings. The van der Waals surface area contributed by atoms with E-state index in [0.29, 0.717) is 11.1 Å². The van der Waals surface area contributed by atoms with Gasteiger partial charge >= 0.3 is 5.97 Å². The Balaban J connectivity index is 2.52. The zero-order valence-corrected chi connectivity index (χ0v) is 12.1. The number of nitrogens with zero attached hydrogens (tertiary/aromatic N) is 1. The Bertz CT molecular complexity index is 749. The minimum Gasteiger partial charge on any atom is -0.468 e. The van der Waals surface area contributed by atoms with Gasteiger partial charge in [-0.3, -0.25) is 4.79 Å². The number of hydrogen-bond donors (Lipinski definition) is 1. The smallest absolute Gasteiger partial charge is 0.322 e. The van der Waals surface area contributed by atoms with Crippen molar-refractivity contribution in [1.82, 2.24) is 3.97 Å². The Morgan fingerprint density at radius 2 is 2.05 bits per heavy atom. The predicted molar refractivity (Wildman–Crippen MR) is 75.9 cm³/mol. The van der Waals surface area contributed by atoms with Gasteiger partial charge in [0.05, 0.1) is 18.9 Å². The van der Waals surface area contributed by atoms with Gasteiger partial charge in [0.15, 0.2) is 0 Å². The van der Waals surface area contributed by atoms with Crippen LogP contribution in [0.2, 0.25) is 0 Å². The van der Waals surface area contributed by atoms with Crippen molar-refractivity contribution >= 4 is 26.9 Å². The molecule has 0 aliphatic heterocycles. The van der Waals surface area contributed by atoms with E-state index in [-0.39, 0.29) is 6.42 Å². The van der Waals surface area contributed by atoms with E-state index >= 15 is 0 Å². The van der Waals surface area contributed by atoms with E-state index in [1.807, 2.05) is 6.07 Å². The van der Waals surface area contributed by atoms with E-state index < -0.39 is 22.0 Å². The number of carbonyl (C=O) groups is 1. The summed E-state index contributed by atoms with van der Waals surface area (Å²) in [4.78, 5) is 11.4. The van der Waals surface area contributed by atoms with Crippen LogP contribution in [0, 0.1) is 0 Å². The minimum absolute atomic E-state index is 0.218. The number of methoxy groups -OCH3 is 1. The second kappa shape index (κ2) is 5.26. The Morgan fingerprint density at radius 1 is 1.40 bits per heavy atom. The standard InChI is InChI=1S/C13H16N2O4S/c1-19-13(16)11(14)7-9-8-15(20(2,17)18)12-6-4-3-5-10(9)12/h3-6,8,11H,7,14H2,1-2H3. The van der Waals surface area contributed by atoms with Gasteiger partial charge in [0.2, 0.25) is 10.0 Å². The van der Waals surface area contributed by atoms with Crippen molar-refractivity contribution in [1.29, 1.82) is 0 Å². The van der Waals surface area contributed by atoms with Crippen LogP contribution in [0.15, 0.2) is 30.5 Å². The Kier molecular flexibility index (Phi) is 3.82. The topological polar surface area (TPSA) is 91.4 Å². The highest BCUT2D eigenvalue weighted by Crippen LogP contribution is 2.23. The van der Waals surface area contributed by atoms with Crippen LogP contribution in [0.3, 0.4) is 0 Å². The molecule has 7 heteroatoms. The number of para-hydroxylation sites is 1. The average Bonchev–Trinajstić information content (AvgIpc) is 2.77. The van der Waals surface area contributed by atoms with E-state index in [9.17, 15) is 13.2 Å². The van der Waals surface area contributed by atoms with Gasteiger partial charge in [0, 0.05) is 18.0 Å². The third-order valence-corrected chi connectivity index (χ3v) is 4.08. The van der Waals surface area contributed by atoms with Crippen LogP contribution < -0.4 is 5.73 Å². The zero-order chi connectivity index (χ0) is 14.9. The first-order valence-electron chi connectivity index (χ1n) is 5.97. The Labute approximate surface area is 117 Å². The third kappa shape index (κ3) is 2.68. The van der Waals surface area contributed by atoms with Gasteiger partial charge < -0.3 is 10.5 Å². The summed E-state index contributed by atoms with van der Waals surface area (Å²) in [6.07, 6.45) is 2.85. The van der Waals surface area contributed by atoms with Crippen molar-refractivity contribution in [2.24, 2.45) is 5.73 Å². The number of hydrogen-bond acceptors (Lipinski definition) is 5. The molecule has 2 aromatic rings. The van der Waals surface area contributed by atoms with Crippen LogP contribution >= 0.6 is 0 Å². The SMILES string of the molecule is COC(=O)C(N)Cc1cn(S(C)(=O)=O)c2ccccc12. The average molecular weight is 296 g/mol. The largest absolute Gasteiger partial charge is 0.468 e. The highest BCUT2D eigenvalue weighted by atomic mass is 32.2. The lowest BCUT2D eigenvalue weighted by molar-refractivity contribution is -0.142. The van der Waals surface area contributed by atoms with Gasteiger partial charge in [-0.25, -0.2) is 12.4 Å². The second-order valence-electron chi connectivity index (χ2n) is 4.56. The van der Waals surface area contributed by atoms with Gasteiger partial charge in [0.25, 0.3) is 0 Å². The number of benzene rings is 1. The van der Waals surface area contributed by atoms with Gasteiger partial charge in [-0.2, -0.15) is 0 Å². The summed E-state index contributed by atoms with van der Waals surface area (Å²) in [5.41, 5.74) is 7.01. The van der Waals surface area contributed by atoms with Gasteiger partial charge in [-0.15, -0.1) is 0 Å². The van der Waals surface area contributed by atoms with Crippen molar-refractivity contribution in [3.63, 3.8) is 0 Å². The van der Waals surface area contributed by atoms with Crippen molar-refractivity contribution in [2.45, 2.75) is 12.5 Å². The molecule has 1 aromatic carbocycles. The van der Waals surface area contributed by atoms with Crippen molar-refractivity contribution in [2.75, 3.05) is 13.4 Å². The number of rotatable bonds is 4. The van der Waals surface area contributed by atoms with Crippen LogP contribution in [0.25, 0.3) is 10.9 Å². The molecule has 108 valence electrons. The maximum Gasteiger partial charge on any atom is 0.322 e. The van der Waals surface area contributed by atoms with Crippen molar-refractivity contribution in [3.05, 3.63) is 36.0 Å². The summed E-state index contributed by atoms with van der Waals surface area (Å²) in [5, 5.41) is 0.761. The Morgan fingerprint density at radius 3 is 2.65 bits per heavy atom. The molecule has 6 nitrogen and oxygen atoms in total. The molecular formula is C13H16N2O4S. The predicted octanol–water partition coefficient (Wildman–Crippen LogP) is 0.492. The van der Waals surface area contributed by atoms with E-state index in [1.54, 1.807) is 18.2 Å². The normalized spacial score (nSPS) is 13.3. The lowest BCUT2D eigenvalue weighted by atomic mass is 10.1. The number of esters is 1. The molecule has 1 aromatic heterocycles. The number of aromatic nitrogens is 1. The molecule has 1 unspecified atom stereocenters. The molecule has 20 heavy (non-hydrogen) atoms. The fourth-order valence-electron chi connectivity index (χ4n) is 2.13. The number of carbonyl (C=O) groups excluding carboxylic acids is 1. The third-order valence-electron chi connectivity index (χ3n) is 3.06. The molecule has 0 radical (unpaired) electrons. The molecule has 1 heterocycles. The fraction of sp³-hybridized carbons (Fsp3) is 0.308. The number of ether oxygens (including phenoxy) is 1. The van der Waals surface area contributed by atoms with Crippen molar-refractivity contribution in [3.8, 4) is 0 Å². The first-order chi connectivity index (χ1) is 9.34. The Hall–Kier alpha value is -1.86. The maximum atomic E-state index is 11.8. The molecule has 0 spiro atoms. The second-order valence-corrected chi connectivity index (χ2v) is 6.42. The molecule has 0 saturated heterocycles. The first kappa shape index (κ1) is 14.5. The van der Waals surface area contributed by atoms with Crippen LogP contribution in [-0.4, -0.2) is 37.8 Å². The van der Waals surface area contributed by atoms with Crippen molar-refractivity contribution < 1.29 is 17.9 Å². The fourth-order valence-corrected chi connectivity index (χ4v) is 2.96. The summed E-state index contributed by atoms with van der Waals surface area (Å²) < 4.78 is 29.3.